The number of hydrogen-bond donors (Lipinski definition) is 0. The van der Waals surface area contributed by atoms with E-state index >= 15 is 0 Å². The van der Waals surface area contributed by atoms with Crippen LogP contribution in [0.25, 0.3) is 0 Å². The third kappa shape index (κ3) is 3.95. The summed E-state index contributed by atoms with van der Waals surface area (Å²) in [7, 11) is 1.34. The third-order valence-corrected chi connectivity index (χ3v) is 3.90. The van der Waals surface area contributed by atoms with Gasteiger partial charge in [-0.1, -0.05) is 13.0 Å². The lowest BCUT2D eigenvalue weighted by molar-refractivity contribution is -0.145. The molecule has 2 rings (SSSR count). The zero-order valence-corrected chi connectivity index (χ0v) is 12.8. The minimum Gasteiger partial charge on any atom is -0.469 e. The van der Waals surface area contributed by atoms with Crippen molar-refractivity contribution in [2.24, 2.45) is 5.92 Å². The fraction of sp³-hybridized carbons (Fsp3) is 0.333. The number of ether oxygens (including phenoxy) is 1. The third-order valence-electron chi connectivity index (χ3n) is 3.04. The van der Waals surface area contributed by atoms with E-state index in [4.69, 9.17) is 9.15 Å². The molecule has 0 aliphatic rings. The maximum absolute atomic E-state index is 12.5. The van der Waals surface area contributed by atoms with Crippen LogP contribution in [0.5, 0.6) is 0 Å². The van der Waals surface area contributed by atoms with Crippen LogP contribution in [0.15, 0.2) is 40.3 Å². The van der Waals surface area contributed by atoms with Crippen LogP contribution >= 0.6 is 11.3 Å². The van der Waals surface area contributed by atoms with E-state index in [1.165, 1.54) is 18.4 Å². The first kappa shape index (κ1) is 15.3. The van der Waals surface area contributed by atoms with Gasteiger partial charge in [-0.15, -0.1) is 11.3 Å². The Hall–Kier alpha value is -2.08. The SMILES string of the molecule is COC(=O)C(C)CN(Cc1ccco1)C(=O)c1cccs1. The molecule has 0 saturated carbocycles. The standard InChI is InChI=1S/C15H17NO4S/c1-11(15(18)19-2)9-16(10-12-5-3-7-20-12)14(17)13-6-4-8-21-13/h3-8,11H,9-10H2,1-2H3. The van der Waals surface area contributed by atoms with E-state index in [1.807, 2.05) is 11.4 Å². The van der Waals surface area contributed by atoms with Crippen LogP contribution < -0.4 is 0 Å². The summed E-state index contributed by atoms with van der Waals surface area (Å²) in [6.07, 6.45) is 1.56. The van der Waals surface area contributed by atoms with Crippen LogP contribution in [0.3, 0.4) is 0 Å². The highest BCUT2D eigenvalue weighted by Crippen LogP contribution is 2.16. The molecule has 0 spiro atoms. The minimum absolute atomic E-state index is 0.114. The number of amides is 1. The average molecular weight is 307 g/mol. The first-order valence-electron chi connectivity index (χ1n) is 6.54. The van der Waals surface area contributed by atoms with Crippen molar-refractivity contribution in [2.75, 3.05) is 13.7 Å². The summed E-state index contributed by atoms with van der Waals surface area (Å²) in [5.74, 6) is -0.165. The first-order valence-corrected chi connectivity index (χ1v) is 7.42. The Morgan fingerprint density at radius 3 is 2.76 bits per heavy atom. The zero-order valence-electron chi connectivity index (χ0n) is 11.9. The van der Waals surface area contributed by atoms with E-state index in [0.717, 1.165) is 0 Å². The lowest BCUT2D eigenvalue weighted by Crippen LogP contribution is -2.36. The second kappa shape index (κ2) is 7.08. The van der Waals surface area contributed by atoms with Gasteiger partial charge in [-0.2, -0.15) is 0 Å². The van der Waals surface area contributed by atoms with E-state index < -0.39 is 5.92 Å². The number of carbonyl (C=O) groups excluding carboxylic acids is 2. The van der Waals surface area contributed by atoms with Crippen molar-refractivity contribution < 1.29 is 18.7 Å². The molecule has 0 N–H and O–H groups in total. The van der Waals surface area contributed by atoms with Gasteiger partial charge in [0.05, 0.1) is 30.7 Å². The number of hydrogen-bond acceptors (Lipinski definition) is 5. The Bertz CT molecular complexity index is 577. The molecule has 2 aromatic heterocycles. The molecule has 0 aliphatic heterocycles. The summed E-state index contributed by atoms with van der Waals surface area (Å²) in [4.78, 5) is 26.3. The monoisotopic (exact) mass is 307 g/mol. The molecule has 1 amide bonds. The van der Waals surface area contributed by atoms with Crippen LogP contribution in [0.2, 0.25) is 0 Å². The summed E-state index contributed by atoms with van der Waals surface area (Å²) < 4.78 is 10.0. The summed E-state index contributed by atoms with van der Waals surface area (Å²) >= 11 is 1.38. The highest BCUT2D eigenvalue weighted by atomic mass is 32.1. The van der Waals surface area contributed by atoms with Crippen molar-refractivity contribution in [2.45, 2.75) is 13.5 Å². The molecule has 0 aliphatic carbocycles. The van der Waals surface area contributed by atoms with Crippen LogP contribution in [0.4, 0.5) is 0 Å². The van der Waals surface area contributed by atoms with Crippen LogP contribution in [-0.2, 0) is 16.1 Å². The van der Waals surface area contributed by atoms with Gasteiger partial charge in [-0.3, -0.25) is 9.59 Å². The predicted molar refractivity (Wildman–Crippen MR) is 78.9 cm³/mol. The Morgan fingerprint density at radius 1 is 1.38 bits per heavy atom. The zero-order chi connectivity index (χ0) is 15.2. The summed E-state index contributed by atoms with van der Waals surface area (Å²) in [5.41, 5.74) is 0. The lowest BCUT2D eigenvalue weighted by Gasteiger charge is -2.23. The second-order valence-corrected chi connectivity index (χ2v) is 5.61. The van der Waals surface area contributed by atoms with Gasteiger partial charge in [0.25, 0.3) is 5.91 Å². The van der Waals surface area contributed by atoms with Gasteiger partial charge >= 0.3 is 5.97 Å². The molecule has 1 atom stereocenters. The molecule has 0 aromatic carbocycles. The van der Waals surface area contributed by atoms with Gasteiger partial charge in [-0.25, -0.2) is 0 Å². The van der Waals surface area contributed by atoms with E-state index in [1.54, 1.807) is 36.3 Å². The smallest absolute Gasteiger partial charge is 0.310 e. The molecule has 6 heteroatoms. The van der Waals surface area contributed by atoms with Crippen molar-refractivity contribution in [3.8, 4) is 0 Å². The molecule has 0 bridgehead atoms. The van der Waals surface area contributed by atoms with E-state index in [-0.39, 0.29) is 18.4 Å². The molecule has 1 unspecified atom stereocenters. The molecule has 21 heavy (non-hydrogen) atoms. The van der Waals surface area contributed by atoms with E-state index in [9.17, 15) is 9.59 Å². The topological polar surface area (TPSA) is 59.8 Å². The van der Waals surface area contributed by atoms with E-state index in [0.29, 0.717) is 17.2 Å². The van der Waals surface area contributed by atoms with Gasteiger partial charge in [0.15, 0.2) is 0 Å². The Labute approximate surface area is 127 Å². The van der Waals surface area contributed by atoms with Gasteiger partial charge < -0.3 is 14.1 Å². The largest absolute Gasteiger partial charge is 0.469 e. The second-order valence-electron chi connectivity index (χ2n) is 4.67. The highest BCUT2D eigenvalue weighted by Gasteiger charge is 2.23. The van der Waals surface area contributed by atoms with Crippen LogP contribution in [0, 0.1) is 5.92 Å². The van der Waals surface area contributed by atoms with Crippen molar-refractivity contribution >= 4 is 23.2 Å². The number of furan rings is 1. The minimum atomic E-state index is -0.395. The summed E-state index contributed by atoms with van der Waals surface area (Å²) in [6.45, 7) is 2.35. The quantitative estimate of drug-likeness (QED) is 0.770. The molecular weight excluding hydrogens is 290 g/mol. The Morgan fingerprint density at radius 2 is 2.19 bits per heavy atom. The molecule has 5 nitrogen and oxygen atoms in total. The lowest BCUT2D eigenvalue weighted by atomic mass is 10.1. The molecular formula is C15H17NO4S. The maximum atomic E-state index is 12.5. The number of rotatable bonds is 6. The predicted octanol–water partition coefficient (Wildman–Crippen LogP) is 2.79. The number of nitrogens with zero attached hydrogens (tertiary/aromatic N) is 1. The van der Waals surface area contributed by atoms with E-state index in [2.05, 4.69) is 0 Å². The number of methoxy groups -OCH3 is 1. The summed E-state index contributed by atoms with van der Waals surface area (Å²) in [5, 5.41) is 1.85. The molecule has 2 aromatic rings. The van der Waals surface area contributed by atoms with Crippen molar-refractivity contribution in [1.29, 1.82) is 0 Å². The normalized spacial score (nSPS) is 11.9. The number of carbonyl (C=O) groups is 2. The van der Waals surface area contributed by atoms with Crippen molar-refractivity contribution in [1.82, 2.24) is 4.90 Å². The number of thiophene rings is 1. The summed E-state index contributed by atoms with van der Waals surface area (Å²) in [6, 6.07) is 7.17. The van der Waals surface area contributed by atoms with Crippen molar-refractivity contribution in [3.05, 3.63) is 46.5 Å². The van der Waals surface area contributed by atoms with Gasteiger partial charge in [0, 0.05) is 6.54 Å². The first-order chi connectivity index (χ1) is 10.1. The van der Waals surface area contributed by atoms with Crippen LogP contribution in [0.1, 0.15) is 22.4 Å². The van der Waals surface area contributed by atoms with Crippen LogP contribution in [-0.4, -0.2) is 30.4 Å². The molecule has 0 radical (unpaired) electrons. The molecule has 112 valence electrons. The van der Waals surface area contributed by atoms with Crippen molar-refractivity contribution in [3.63, 3.8) is 0 Å². The fourth-order valence-corrected chi connectivity index (χ4v) is 2.66. The molecule has 0 saturated heterocycles. The Kier molecular flexibility index (Phi) is 5.16. The molecule has 2 heterocycles. The fourth-order valence-electron chi connectivity index (χ4n) is 1.97. The highest BCUT2D eigenvalue weighted by molar-refractivity contribution is 7.12. The molecule has 0 fully saturated rings. The number of esters is 1. The average Bonchev–Trinajstić information content (AvgIpc) is 3.17. The maximum Gasteiger partial charge on any atom is 0.310 e. The van der Waals surface area contributed by atoms with Gasteiger partial charge in [0.1, 0.15) is 5.76 Å². The van der Waals surface area contributed by atoms with Gasteiger partial charge in [-0.05, 0) is 23.6 Å². The van der Waals surface area contributed by atoms with Gasteiger partial charge in [0.2, 0.25) is 0 Å². The Balaban J connectivity index is 2.13.